The van der Waals surface area contributed by atoms with E-state index in [1.165, 1.54) is 23.1 Å². The highest BCUT2D eigenvalue weighted by Crippen LogP contribution is 2.25. The molecule has 0 fully saturated rings. The predicted octanol–water partition coefficient (Wildman–Crippen LogP) is 3.43. The molecule has 0 saturated heterocycles. The number of aromatic nitrogens is 4. The number of carbonyl (C=O) groups is 1. The van der Waals surface area contributed by atoms with Gasteiger partial charge in [0.25, 0.3) is 5.78 Å². The minimum atomic E-state index is 0.0337. The Morgan fingerprint density at radius 2 is 2.19 bits per heavy atom. The van der Waals surface area contributed by atoms with Gasteiger partial charge >= 0.3 is 0 Å². The Balaban J connectivity index is 1.81. The van der Waals surface area contributed by atoms with Gasteiger partial charge in [0.05, 0.1) is 15.0 Å². The van der Waals surface area contributed by atoms with E-state index < -0.39 is 0 Å². The normalized spacial score (nSPS) is 11.2. The zero-order chi connectivity index (χ0) is 15.0. The molecule has 21 heavy (non-hydrogen) atoms. The third-order valence-corrected chi connectivity index (χ3v) is 5.04. The zero-order valence-electron chi connectivity index (χ0n) is 11.3. The molecule has 0 radical (unpaired) electrons. The van der Waals surface area contributed by atoms with Crippen LogP contribution in [0.1, 0.15) is 21.1 Å². The van der Waals surface area contributed by atoms with E-state index in [1.54, 1.807) is 12.1 Å². The molecule has 108 valence electrons. The quantitative estimate of drug-likeness (QED) is 0.538. The molecule has 0 unspecified atom stereocenters. The lowest BCUT2D eigenvalue weighted by Gasteiger charge is -2.03. The summed E-state index contributed by atoms with van der Waals surface area (Å²) in [6, 6.07) is 5.43. The van der Waals surface area contributed by atoms with Crippen LogP contribution in [-0.4, -0.2) is 31.1 Å². The zero-order valence-corrected chi connectivity index (χ0v) is 13.7. The average molecular weight is 339 g/mol. The molecule has 0 aromatic carbocycles. The fraction of sp³-hybridized carbons (Fsp3) is 0.231. The number of aryl methyl sites for hydroxylation is 2. The summed E-state index contributed by atoms with van der Waals surface area (Å²) in [5.74, 6) is 0.887. The summed E-state index contributed by atoms with van der Waals surface area (Å²) < 4.78 is 2.47. The topological polar surface area (TPSA) is 60.2 Å². The Bertz CT molecular complexity index is 827. The predicted molar refractivity (Wildman–Crippen MR) is 84.6 cm³/mol. The van der Waals surface area contributed by atoms with E-state index in [4.69, 9.17) is 11.6 Å². The molecule has 3 aromatic rings. The van der Waals surface area contributed by atoms with Crippen molar-refractivity contribution in [1.82, 2.24) is 19.6 Å². The number of nitrogens with zero attached hydrogens (tertiary/aromatic N) is 4. The van der Waals surface area contributed by atoms with Gasteiger partial charge in [-0.2, -0.15) is 0 Å². The van der Waals surface area contributed by atoms with Gasteiger partial charge in [-0.3, -0.25) is 9.20 Å². The van der Waals surface area contributed by atoms with Gasteiger partial charge in [0.1, 0.15) is 0 Å². The van der Waals surface area contributed by atoms with Gasteiger partial charge in [-0.1, -0.05) is 23.4 Å². The number of thiophene rings is 1. The molecular weight excluding hydrogens is 328 g/mol. The Labute approximate surface area is 134 Å². The van der Waals surface area contributed by atoms with E-state index in [9.17, 15) is 4.79 Å². The number of thioether (sulfide) groups is 1. The molecule has 0 atom stereocenters. The smallest absolute Gasteiger partial charge is 0.256 e. The SMILES string of the molecule is Cc1cc(C)n2c(SCC(=O)c3ccc(Cl)s3)nnc2n1. The van der Waals surface area contributed by atoms with Crippen molar-refractivity contribution in [3.05, 3.63) is 38.8 Å². The second-order valence-corrected chi connectivity index (χ2v) is 7.13. The summed E-state index contributed by atoms with van der Waals surface area (Å²) in [5.41, 5.74) is 1.89. The van der Waals surface area contributed by atoms with Crippen molar-refractivity contribution in [2.24, 2.45) is 0 Å². The number of rotatable bonds is 4. The van der Waals surface area contributed by atoms with E-state index in [0.29, 0.717) is 25.9 Å². The van der Waals surface area contributed by atoms with Crippen molar-refractivity contribution in [3.63, 3.8) is 0 Å². The van der Waals surface area contributed by atoms with E-state index in [2.05, 4.69) is 15.2 Å². The Kier molecular flexibility index (Phi) is 3.97. The fourth-order valence-corrected chi connectivity index (χ4v) is 3.90. The summed E-state index contributed by atoms with van der Waals surface area (Å²) in [7, 11) is 0. The second-order valence-electron chi connectivity index (χ2n) is 4.47. The average Bonchev–Trinajstić information content (AvgIpc) is 3.02. The van der Waals surface area contributed by atoms with Crippen molar-refractivity contribution in [3.8, 4) is 0 Å². The minimum Gasteiger partial charge on any atom is -0.292 e. The number of hydrogen-bond acceptors (Lipinski definition) is 6. The molecule has 8 heteroatoms. The van der Waals surface area contributed by atoms with E-state index in [-0.39, 0.29) is 5.78 Å². The van der Waals surface area contributed by atoms with Crippen LogP contribution in [0.2, 0.25) is 4.34 Å². The van der Waals surface area contributed by atoms with Gasteiger partial charge in [-0.15, -0.1) is 21.5 Å². The van der Waals surface area contributed by atoms with Crippen LogP contribution in [0, 0.1) is 13.8 Å². The molecule has 3 rings (SSSR count). The lowest BCUT2D eigenvalue weighted by molar-refractivity contribution is 0.102. The molecule has 0 amide bonds. The Hall–Kier alpha value is -1.44. The lowest BCUT2D eigenvalue weighted by atomic mass is 10.3. The maximum absolute atomic E-state index is 12.1. The largest absolute Gasteiger partial charge is 0.292 e. The molecule has 0 saturated carbocycles. The summed E-state index contributed by atoms with van der Waals surface area (Å²) >= 11 is 8.48. The van der Waals surface area contributed by atoms with Crippen LogP contribution in [0.3, 0.4) is 0 Å². The molecule has 5 nitrogen and oxygen atoms in total. The maximum Gasteiger partial charge on any atom is 0.256 e. The standard InChI is InChI=1S/C13H11ClN4OS2/c1-7-5-8(2)18-12(15-7)16-17-13(18)20-6-9(19)10-3-4-11(14)21-10/h3-5H,6H2,1-2H3. The molecule has 0 spiro atoms. The number of Topliss-reactive ketones (excluding diaryl/α,β-unsaturated/α-hetero) is 1. The van der Waals surface area contributed by atoms with Crippen LogP contribution in [0.15, 0.2) is 23.4 Å². The van der Waals surface area contributed by atoms with Crippen molar-refractivity contribution in [2.45, 2.75) is 19.0 Å². The maximum atomic E-state index is 12.1. The first-order chi connectivity index (χ1) is 10.0. The molecule has 0 aliphatic carbocycles. The Morgan fingerprint density at radius 3 is 2.90 bits per heavy atom. The molecule has 3 heterocycles. The molecule has 0 bridgehead atoms. The van der Waals surface area contributed by atoms with Crippen molar-refractivity contribution >= 4 is 46.3 Å². The van der Waals surface area contributed by atoms with Gasteiger partial charge in [0, 0.05) is 11.4 Å². The van der Waals surface area contributed by atoms with Gasteiger partial charge in [0.15, 0.2) is 10.9 Å². The second kappa shape index (κ2) is 5.75. The lowest BCUT2D eigenvalue weighted by Crippen LogP contribution is -2.02. The summed E-state index contributed by atoms with van der Waals surface area (Å²) in [4.78, 5) is 17.1. The van der Waals surface area contributed by atoms with Crippen LogP contribution >= 0.6 is 34.7 Å². The number of halogens is 1. The Morgan fingerprint density at radius 1 is 1.38 bits per heavy atom. The first-order valence-corrected chi connectivity index (χ1v) is 8.33. The minimum absolute atomic E-state index is 0.0337. The first-order valence-electron chi connectivity index (χ1n) is 6.15. The molecule has 0 aliphatic rings. The van der Waals surface area contributed by atoms with Crippen molar-refractivity contribution < 1.29 is 4.79 Å². The highest BCUT2D eigenvalue weighted by molar-refractivity contribution is 7.99. The van der Waals surface area contributed by atoms with Crippen LogP contribution in [0.25, 0.3) is 5.78 Å². The monoisotopic (exact) mass is 338 g/mol. The summed E-state index contributed by atoms with van der Waals surface area (Å²) in [6.45, 7) is 3.88. The van der Waals surface area contributed by atoms with Gasteiger partial charge in [0.2, 0.25) is 0 Å². The van der Waals surface area contributed by atoms with E-state index >= 15 is 0 Å². The number of ketones is 1. The summed E-state index contributed by atoms with van der Waals surface area (Å²) in [5, 5.41) is 8.83. The fourth-order valence-electron chi connectivity index (χ4n) is 1.96. The molecule has 0 N–H and O–H groups in total. The van der Waals surface area contributed by atoms with Crippen LogP contribution in [-0.2, 0) is 0 Å². The number of fused-ring (bicyclic) bond motifs is 1. The van der Waals surface area contributed by atoms with Gasteiger partial charge in [-0.25, -0.2) is 4.98 Å². The van der Waals surface area contributed by atoms with Crippen LogP contribution in [0.5, 0.6) is 0 Å². The molecular formula is C13H11ClN4OS2. The first kappa shape index (κ1) is 14.5. The van der Waals surface area contributed by atoms with Crippen molar-refractivity contribution in [2.75, 3.05) is 5.75 Å². The summed E-state index contributed by atoms with van der Waals surface area (Å²) in [6.07, 6.45) is 0. The van der Waals surface area contributed by atoms with E-state index in [1.807, 2.05) is 24.3 Å². The molecule has 0 aliphatic heterocycles. The third-order valence-electron chi connectivity index (χ3n) is 2.84. The van der Waals surface area contributed by atoms with Gasteiger partial charge in [-0.05, 0) is 32.0 Å². The highest BCUT2D eigenvalue weighted by atomic mass is 35.5. The molecule has 3 aromatic heterocycles. The van der Waals surface area contributed by atoms with E-state index in [0.717, 1.165) is 11.4 Å². The van der Waals surface area contributed by atoms with Crippen LogP contribution in [0.4, 0.5) is 0 Å². The highest BCUT2D eigenvalue weighted by Gasteiger charge is 2.14. The number of carbonyl (C=O) groups excluding carboxylic acids is 1. The third kappa shape index (κ3) is 2.95. The van der Waals surface area contributed by atoms with Gasteiger partial charge < -0.3 is 0 Å². The van der Waals surface area contributed by atoms with Crippen LogP contribution < -0.4 is 0 Å². The van der Waals surface area contributed by atoms with Crippen molar-refractivity contribution in [1.29, 1.82) is 0 Å². The number of hydrogen-bond donors (Lipinski definition) is 0.